The van der Waals surface area contributed by atoms with Gasteiger partial charge in [-0.2, -0.15) is 13.2 Å². The summed E-state index contributed by atoms with van der Waals surface area (Å²) in [7, 11) is 0. The summed E-state index contributed by atoms with van der Waals surface area (Å²) >= 11 is 0. The van der Waals surface area contributed by atoms with Gasteiger partial charge >= 0.3 is 12.1 Å². The fourth-order valence-corrected chi connectivity index (χ4v) is 1.23. The number of hydrogen-bond acceptors (Lipinski definition) is 3. The van der Waals surface area contributed by atoms with E-state index >= 15 is 0 Å². The molecule has 17 heavy (non-hydrogen) atoms. The number of rotatable bonds is 3. The largest absolute Gasteiger partial charge is 0.462 e. The Kier molecular flexibility index (Phi) is 4.11. The molecule has 0 heterocycles. The molecule has 0 fully saturated rings. The standard InChI is InChI=1S/C11H12F3NO2/c1-2-17-10(16)8-5-3-7(4-6-8)9(15)11(12,13)14/h3-6,9H,2,15H2,1H3. The van der Waals surface area contributed by atoms with E-state index < -0.39 is 18.2 Å². The Balaban J connectivity index is 2.85. The maximum atomic E-state index is 12.3. The predicted octanol–water partition coefficient (Wildman–Crippen LogP) is 2.43. The smallest absolute Gasteiger partial charge is 0.407 e. The van der Waals surface area contributed by atoms with Crippen molar-refractivity contribution >= 4 is 5.97 Å². The number of benzene rings is 1. The van der Waals surface area contributed by atoms with Gasteiger partial charge in [-0.15, -0.1) is 0 Å². The number of nitrogens with two attached hydrogens (primary N) is 1. The molecule has 0 bridgehead atoms. The number of esters is 1. The molecule has 1 aromatic rings. The van der Waals surface area contributed by atoms with E-state index in [1.807, 2.05) is 0 Å². The highest BCUT2D eigenvalue weighted by Gasteiger charge is 2.37. The van der Waals surface area contributed by atoms with Crippen LogP contribution in [0.3, 0.4) is 0 Å². The van der Waals surface area contributed by atoms with E-state index in [0.717, 1.165) is 0 Å². The summed E-state index contributed by atoms with van der Waals surface area (Å²) in [5.41, 5.74) is 5.12. The molecule has 0 radical (unpaired) electrons. The van der Waals surface area contributed by atoms with Gasteiger partial charge in [0.05, 0.1) is 12.2 Å². The second kappa shape index (κ2) is 5.18. The number of halogens is 3. The van der Waals surface area contributed by atoms with E-state index in [9.17, 15) is 18.0 Å². The highest BCUT2D eigenvalue weighted by Crippen LogP contribution is 2.30. The van der Waals surface area contributed by atoms with Crippen LogP contribution in [0.1, 0.15) is 28.9 Å². The Labute approximate surface area is 96.4 Å². The molecule has 0 aliphatic heterocycles. The third kappa shape index (κ3) is 3.45. The number of carbonyl (C=O) groups excluding carboxylic acids is 1. The summed E-state index contributed by atoms with van der Waals surface area (Å²) in [4.78, 5) is 11.2. The zero-order valence-electron chi connectivity index (χ0n) is 9.12. The zero-order chi connectivity index (χ0) is 13.1. The minimum absolute atomic E-state index is 0.0921. The van der Waals surface area contributed by atoms with E-state index in [-0.39, 0.29) is 17.7 Å². The molecule has 0 spiro atoms. The van der Waals surface area contributed by atoms with Gasteiger partial charge in [-0.05, 0) is 24.6 Å². The Hall–Kier alpha value is -1.56. The lowest BCUT2D eigenvalue weighted by atomic mass is 10.1. The zero-order valence-corrected chi connectivity index (χ0v) is 9.12. The fraction of sp³-hybridized carbons (Fsp3) is 0.364. The van der Waals surface area contributed by atoms with Crippen molar-refractivity contribution in [2.24, 2.45) is 5.73 Å². The van der Waals surface area contributed by atoms with E-state index in [1.165, 1.54) is 24.3 Å². The van der Waals surface area contributed by atoms with Gasteiger partial charge < -0.3 is 10.5 Å². The first-order valence-electron chi connectivity index (χ1n) is 4.95. The first-order valence-corrected chi connectivity index (χ1v) is 4.95. The van der Waals surface area contributed by atoms with Crippen molar-refractivity contribution in [1.29, 1.82) is 0 Å². The van der Waals surface area contributed by atoms with Crippen LogP contribution < -0.4 is 5.73 Å². The maximum Gasteiger partial charge on any atom is 0.407 e. The van der Waals surface area contributed by atoms with Crippen molar-refractivity contribution in [3.05, 3.63) is 35.4 Å². The van der Waals surface area contributed by atoms with Gasteiger partial charge in [0.15, 0.2) is 0 Å². The molecule has 0 aromatic heterocycles. The molecule has 1 aromatic carbocycles. The topological polar surface area (TPSA) is 52.3 Å². The molecular formula is C11H12F3NO2. The third-order valence-electron chi connectivity index (χ3n) is 2.13. The van der Waals surface area contributed by atoms with Gasteiger partial charge in [0.2, 0.25) is 0 Å². The van der Waals surface area contributed by atoms with E-state index in [4.69, 9.17) is 10.5 Å². The Bertz CT molecular complexity index is 387. The number of carbonyl (C=O) groups is 1. The van der Waals surface area contributed by atoms with Crippen molar-refractivity contribution < 1.29 is 22.7 Å². The van der Waals surface area contributed by atoms with Crippen LogP contribution in [-0.4, -0.2) is 18.8 Å². The molecule has 0 saturated carbocycles. The van der Waals surface area contributed by atoms with Crippen molar-refractivity contribution in [3.8, 4) is 0 Å². The summed E-state index contributed by atoms with van der Waals surface area (Å²) in [5.74, 6) is -0.570. The molecule has 1 rings (SSSR count). The number of alkyl halides is 3. The lowest BCUT2D eigenvalue weighted by Crippen LogP contribution is -2.28. The lowest BCUT2D eigenvalue weighted by molar-refractivity contribution is -0.149. The van der Waals surface area contributed by atoms with Crippen molar-refractivity contribution in [1.82, 2.24) is 0 Å². The van der Waals surface area contributed by atoms with Gasteiger partial charge in [-0.3, -0.25) is 0 Å². The van der Waals surface area contributed by atoms with Crippen LogP contribution >= 0.6 is 0 Å². The summed E-state index contributed by atoms with van der Waals surface area (Å²) in [6, 6.07) is 2.82. The molecular weight excluding hydrogens is 235 g/mol. The molecule has 1 atom stereocenters. The highest BCUT2D eigenvalue weighted by molar-refractivity contribution is 5.89. The second-order valence-electron chi connectivity index (χ2n) is 3.36. The third-order valence-corrected chi connectivity index (χ3v) is 2.13. The van der Waals surface area contributed by atoms with Crippen LogP contribution in [0, 0.1) is 0 Å². The van der Waals surface area contributed by atoms with Gasteiger partial charge in [0.1, 0.15) is 6.04 Å². The van der Waals surface area contributed by atoms with Gasteiger partial charge in [0.25, 0.3) is 0 Å². The molecule has 0 amide bonds. The van der Waals surface area contributed by atoms with Crippen LogP contribution in [0.4, 0.5) is 13.2 Å². The van der Waals surface area contributed by atoms with Crippen molar-refractivity contribution in [2.75, 3.05) is 6.61 Å². The van der Waals surface area contributed by atoms with E-state index in [0.29, 0.717) is 0 Å². The second-order valence-corrected chi connectivity index (χ2v) is 3.36. The van der Waals surface area contributed by atoms with Crippen molar-refractivity contribution in [2.45, 2.75) is 19.1 Å². The summed E-state index contributed by atoms with van der Waals surface area (Å²) in [6.45, 7) is 1.86. The van der Waals surface area contributed by atoms with E-state index in [1.54, 1.807) is 6.92 Å². The van der Waals surface area contributed by atoms with E-state index in [2.05, 4.69) is 0 Å². The number of hydrogen-bond donors (Lipinski definition) is 1. The molecule has 1 unspecified atom stereocenters. The summed E-state index contributed by atoms with van der Waals surface area (Å²) < 4.78 is 41.6. The summed E-state index contributed by atoms with van der Waals surface area (Å²) in [5, 5.41) is 0. The predicted molar refractivity (Wildman–Crippen MR) is 55.4 cm³/mol. The molecule has 6 heteroatoms. The molecule has 0 aliphatic carbocycles. The monoisotopic (exact) mass is 247 g/mol. The van der Waals surface area contributed by atoms with Gasteiger partial charge in [-0.1, -0.05) is 12.1 Å². The normalized spacial score (nSPS) is 13.2. The van der Waals surface area contributed by atoms with Crippen LogP contribution in [0.5, 0.6) is 0 Å². The average Bonchev–Trinajstić information content (AvgIpc) is 2.27. The number of ether oxygens (including phenoxy) is 1. The van der Waals surface area contributed by atoms with Crippen LogP contribution in [0.2, 0.25) is 0 Å². The molecule has 0 aliphatic rings. The van der Waals surface area contributed by atoms with Crippen LogP contribution in [0.25, 0.3) is 0 Å². The van der Waals surface area contributed by atoms with Crippen LogP contribution in [0.15, 0.2) is 24.3 Å². The molecule has 0 saturated heterocycles. The first kappa shape index (κ1) is 13.5. The first-order chi connectivity index (χ1) is 7.86. The lowest BCUT2D eigenvalue weighted by Gasteiger charge is -2.15. The van der Waals surface area contributed by atoms with Crippen LogP contribution in [-0.2, 0) is 4.74 Å². The summed E-state index contributed by atoms with van der Waals surface area (Å²) in [6.07, 6.45) is -4.49. The van der Waals surface area contributed by atoms with Gasteiger partial charge in [0, 0.05) is 0 Å². The highest BCUT2D eigenvalue weighted by atomic mass is 19.4. The Morgan fingerprint density at radius 3 is 2.29 bits per heavy atom. The molecule has 94 valence electrons. The Morgan fingerprint density at radius 2 is 1.88 bits per heavy atom. The van der Waals surface area contributed by atoms with Gasteiger partial charge in [-0.25, -0.2) is 4.79 Å². The molecule has 2 N–H and O–H groups in total. The van der Waals surface area contributed by atoms with Crippen molar-refractivity contribution in [3.63, 3.8) is 0 Å². The average molecular weight is 247 g/mol. The minimum Gasteiger partial charge on any atom is -0.462 e. The quantitative estimate of drug-likeness (QED) is 0.834. The minimum atomic E-state index is -4.49. The maximum absolute atomic E-state index is 12.3. The fourth-order valence-electron chi connectivity index (χ4n) is 1.23. The Morgan fingerprint density at radius 1 is 1.35 bits per heavy atom. The molecule has 3 nitrogen and oxygen atoms in total. The SMILES string of the molecule is CCOC(=O)c1ccc(C(N)C(F)(F)F)cc1.